The average Bonchev–Trinajstić information content (AvgIpc) is 3.52. The minimum absolute atomic E-state index is 0.203. The third-order valence-electron chi connectivity index (χ3n) is 5.57. The quantitative estimate of drug-likeness (QED) is 0.331. The maximum atomic E-state index is 6.14. The molecule has 4 aromatic rings. The van der Waals surface area contributed by atoms with Crippen molar-refractivity contribution < 1.29 is 13.9 Å². The van der Waals surface area contributed by atoms with E-state index in [1.165, 1.54) is 18.1 Å². The van der Waals surface area contributed by atoms with E-state index in [4.69, 9.17) is 24.6 Å². The van der Waals surface area contributed by atoms with Crippen molar-refractivity contribution in [2.45, 2.75) is 56.3 Å². The molecule has 0 saturated heterocycles. The van der Waals surface area contributed by atoms with Crippen LogP contribution in [-0.4, -0.2) is 38.9 Å². The third kappa shape index (κ3) is 4.55. The Balaban J connectivity index is 1.50. The lowest BCUT2D eigenvalue weighted by Crippen LogP contribution is -2.23. The lowest BCUT2D eigenvalue weighted by Gasteiger charge is -2.12. The Morgan fingerprint density at radius 3 is 2.74 bits per heavy atom. The molecule has 0 bridgehead atoms. The number of imidazole rings is 1. The normalized spacial score (nSPS) is 12.8. The topological polar surface area (TPSA) is 113 Å². The van der Waals surface area contributed by atoms with Crippen LogP contribution in [0.2, 0.25) is 0 Å². The van der Waals surface area contributed by atoms with Gasteiger partial charge in [-0.1, -0.05) is 25.6 Å². The molecule has 0 saturated carbocycles. The number of anilines is 1. The highest BCUT2D eigenvalue weighted by Crippen LogP contribution is 2.45. The minimum atomic E-state index is 0.203. The molecule has 9 nitrogen and oxygen atoms in total. The summed E-state index contributed by atoms with van der Waals surface area (Å²) in [6.45, 7) is 8.18. The summed E-state index contributed by atoms with van der Waals surface area (Å²) in [6, 6.07) is 8.32. The number of furan rings is 1. The zero-order chi connectivity index (χ0) is 23.7. The highest BCUT2D eigenvalue weighted by molar-refractivity contribution is 7.99. The molecule has 0 unspecified atom stereocenters. The summed E-state index contributed by atoms with van der Waals surface area (Å²) in [7, 11) is 0. The van der Waals surface area contributed by atoms with E-state index in [0.29, 0.717) is 28.9 Å². The number of unbranched alkanes of at least 4 members (excludes halogenated alkanes) is 1. The highest BCUT2D eigenvalue weighted by Gasteiger charge is 2.23. The van der Waals surface area contributed by atoms with E-state index in [2.05, 4.69) is 33.7 Å². The summed E-state index contributed by atoms with van der Waals surface area (Å²) in [6.07, 6.45) is 3.51. The Hall–Kier alpha value is -3.24. The molecule has 0 spiro atoms. The van der Waals surface area contributed by atoms with Crippen LogP contribution in [0, 0.1) is 6.92 Å². The first-order valence-corrected chi connectivity index (χ1v) is 12.2. The largest absolute Gasteiger partial charge is 0.461 e. The number of benzene rings is 1. The van der Waals surface area contributed by atoms with E-state index >= 15 is 0 Å². The lowest BCUT2D eigenvalue weighted by molar-refractivity contribution is 0.174. The number of rotatable bonds is 9. The third-order valence-corrected chi connectivity index (χ3v) is 6.62. The summed E-state index contributed by atoms with van der Waals surface area (Å²) >= 11 is 1.53. The zero-order valence-electron chi connectivity index (χ0n) is 19.5. The standard InChI is InChI=1S/C24H28N6O3S/c1-14(2)26-8-4-5-9-30-23-21(22(25)27-12-28-23)29-24(30)34-20-11-19-18(31-13-32-19)10-16(20)17-7-6-15(3)33-17/h6-7,10-12,14,26H,4-5,8-9,13H2,1-3H3,(H2,25,27,28). The van der Waals surface area contributed by atoms with Crippen LogP contribution in [0.3, 0.4) is 0 Å². The molecule has 0 radical (unpaired) electrons. The van der Waals surface area contributed by atoms with Gasteiger partial charge in [-0.2, -0.15) is 0 Å². The fraction of sp³-hybridized carbons (Fsp3) is 0.375. The minimum Gasteiger partial charge on any atom is -0.461 e. The van der Waals surface area contributed by atoms with Crippen LogP contribution in [0.4, 0.5) is 5.82 Å². The van der Waals surface area contributed by atoms with Gasteiger partial charge in [-0.25, -0.2) is 15.0 Å². The van der Waals surface area contributed by atoms with E-state index in [9.17, 15) is 0 Å². The molecule has 1 aliphatic heterocycles. The molecule has 0 atom stereocenters. The fourth-order valence-corrected chi connectivity index (χ4v) is 4.93. The van der Waals surface area contributed by atoms with E-state index in [-0.39, 0.29) is 6.79 Å². The summed E-state index contributed by atoms with van der Waals surface area (Å²) in [5.74, 6) is 3.39. The molecule has 3 aromatic heterocycles. The molecule has 0 amide bonds. The predicted molar refractivity (Wildman–Crippen MR) is 131 cm³/mol. The first-order valence-electron chi connectivity index (χ1n) is 11.4. The Morgan fingerprint density at radius 2 is 1.97 bits per heavy atom. The molecule has 1 aliphatic rings. The molecule has 0 fully saturated rings. The molecule has 34 heavy (non-hydrogen) atoms. The van der Waals surface area contributed by atoms with Crippen LogP contribution < -0.4 is 20.5 Å². The Morgan fingerprint density at radius 1 is 1.15 bits per heavy atom. The van der Waals surface area contributed by atoms with Crippen molar-refractivity contribution in [2.75, 3.05) is 19.1 Å². The number of hydrogen-bond donors (Lipinski definition) is 2. The molecule has 4 heterocycles. The fourth-order valence-electron chi connectivity index (χ4n) is 3.88. The Kier molecular flexibility index (Phi) is 6.34. The van der Waals surface area contributed by atoms with Crippen LogP contribution in [0.5, 0.6) is 11.5 Å². The van der Waals surface area contributed by atoms with Gasteiger partial charge >= 0.3 is 0 Å². The Labute approximate surface area is 202 Å². The van der Waals surface area contributed by atoms with Crippen LogP contribution >= 0.6 is 11.8 Å². The maximum Gasteiger partial charge on any atom is 0.231 e. The van der Waals surface area contributed by atoms with Crippen LogP contribution in [0.1, 0.15) is 32.4 Å². The summed E-state index contributed by atoms with van der Waals surface area (Å²) in [5, 5.41) is 4.26. The lowest BCUT2D eigenvalue weighted by atomic mass is 10.1. The number of aromatic nitrogens is 4. The monoisotopic (exact) mass is 480 g/mol. The van der Waals surface area contributed by atoms with Crippen molar-refractivity contribution in [3.05, 3.63) is 36.4 Å². The van der Waals surface area contributed by atoms with Gasteiger partial charge in [0.05, 0.1) is 0 Å². The number of nitrogens with two attached hydrogens (primary N) is 1. The van der Waals surface area contributed by atoms with Crippen molar-refractivity contribution in [3.8, 4) is 22.8 Å². The first-order chi connectivity index (χ1) is 16.5. The average molecular weight is 481 g/mol. The van der Waals surface area contributed by atoms with Gasteiger partial charge in [0.15, 0.2) is 33.6 Å². The predicted octanol–water partition coefficient (Wildman–Crippen LogP) is 4.64. The molecule has 1 aromatic carbocycles. The number of nitrogens with zero attached hydrogens (tertiary/aromatic N) is 4. The number of nitrogen functional groups attached to an aromatic ring is 1. The van der Waals surface area contributed by atoms with E-state index < -0.39 is 0 Å². The second kappa shape index (κ2) is 9.55. The van der Waals surface area contributed by atoms with Crippen molar-refractivity contribution >= 4 is 28.7 Å². The molecular formula is C24H28N6O3S. The van der Waals surface area contributed by atoms with Gasteiger partial charge in [0, 0.05) is 23.0 Å². The first kappa shape index (κ1) is 22.5. The second-order valence-electron chi connectivity index (χ2n) is 8.51. The van der Waals surface area contributed by atoms with Gasteiger partial charge in [0.1, 0.15) is 17.8 Å². The molecule has 178 valence electrons. The van der Waals surface area contributed by atoms with E-state index in [0.717, 1.165) is 58.7 Å². The van der Waals surface area contributed by atoms with Gasteiger partial charge in [-0.15, -0.1) is 0 Å². The molecule has 0 aliphatic carbocycles. The molecule has 5 rings (SSSR count). The van der Waals surface area contributed by atoms with Gasteiger partial charge in [0.25, 0.3) is 0 Å². The number of fused-ring (bicyclic) bond motifs is 2. The molecule has 10 heteroatoms. The van der Waals surface area contributed by atoms with Crippen molar-refractivity contribution in [2.24, 2.45) is 0 Å². The van der Waals surface area contributed by atoms with Gasteiger partial charge in [-0.05, 0) is 50.6 Å². The Bertz CT molecular complexity index is 1320. The zero-order valence-corrected chi connectivity index (χ0v) is 20.3. The number of nitrogens with one attached hydrogen (secondary N) is 1. The summed E-state index contributed by atoms with van der Waals surface area (Å²) < 4.78 is 19.3. The van der Waals surface area contributed by atoms with Crippen molar-refractivity contribution in [1.29, 1.82) is 0 Å². The van der Waals surface area contributed by atoms with E-state index in [1.54, 1.807) is 0 Å². The van der Waals surface area contributed by atoms with E-state index in [1.807, 2.05) is 31.2 Å². The van der Waals surface area contributed by atoms with Gasteiger partial charge < -0.3 is 29.5 Å². The van der Waals surface area contributed by atoms with Crippen LogP contribution in [0.25, 0.3) is 22.5 Å². The summed E-state index contributed by atoms with van der Waals surface area (Å²) in [5.41, 5.74) is 8.41. The van der Waals surface area contributed by atoms with Crippen LogP contribution in [-0.2, 0) is 6.54 Å². The number of hydrogen-bond acceptors (Lipinski definition) is 9. The number of aryl methyl sites for hydroxylation is 2. The molecular weight excluding hydrogens is 452 g/mol. The number of ether oxygens (including phenoxy) is 2. The van der Waals surface area contributed by atoms with Gasteiger partial charge in [-0.3, -0.25) is 0 Å². The van der Waals surface area contributed by atoms with Crippen molar-refractivity contribution in [1.82, 2.24) is 24.8 Å². The van der Waals surface area contributed by atoms with Gasteiger partial charge in [0.2, 0.25) is 6.79 Å². The summed E-state index contributed by atoms with van der Waals surface area (Å²) in [4.78, 5) is 14.4. The second-order valence-corrected chi connectivity index (χ2v) is 9.52. The molecule has 3 N–H and O–H groups in total. The smallest absolute Gasteiger partial charge is 0.231 e. The SMILES string of the molecule is Cc1ccc(-c2cc3c(cc2Sc2nc4c(N)ncnc4n2CCCCNC(C)C)OCO3)o1. The van der Waals surface area contributed by atoms with Crippen molar-refractivity contribution in [3.63, 3.8) is 0 Å². The van der Waals surface area contributed by atoms with Crippen LogP contribution in [0.15, 0.2) is 45.1 Å². The maximum absolute atomic E-state index is 6.14. The highest BCUT2D eigenvalue weighted by atomic mass is 32.2.